The number of rotatable bonds is 4. The maximum atomic E-state index is 11.9. The lowest BCUT2D eigenvalue weighted by atomic mass is 10.5. The fourth-order valence-electron chi connectivity index (χ4n) is 0.712. The van der Waals surface area contributed by atoms with Gasteiger partial charge in [0.2, 0.25) is 0 Å². The van der Waals surface area contributed by atoms with Gasteiger partial charge in [-0.2, -0.15) is 13.2 Å². The predicted octanol–water partition coefficient (Wildman–Crippen LogP) is 2.14. The third kappa shape index (κ3) is 5.51. The highest BCUT2D eigenvalue weighted by Gasteiger charge is 2.40. The molecule has 0 aromatic heterocycles. The van der Waals surface area contributed by atoms with E-state index < -0.39 is 26.6 Å². The van der Waals surface area contributed by atoms with Gasteiger partial charge in [0.05, 0.1) is 5.75 Å². The van der Waals surface area contributed by atoms with E-state index in [0.29, 0.717) is 6.42 Å². The normalized spacial score (nSPS) is 15.8. The molecule has 0 fully saturated rings. The molecule has 7 heteroatoms. The molecule has 0 amide bonds. The summed E-state index contributed by atoms with van der Waals surface area (Å²) in [6, 6.07) is 0. The van der Waals surface area contributed by atoms with Crippen LogP contribution in [-0.2, 0) is 9.84 Å². The van der Waals surface area contributed by atoms with Gasteiger partial charge in [0.25, 0.3) is 0 Å². The van der Waals surface area contributed by atoms with Crippen LogP contribution in [0.3, 0.4) is 0 Å². The highest BCUT2D eigenvalue weighted by Crippen LogP contribution is 2.27. The maximum absolute atomic E-state index is 11.9. The number of sulfone groups is 1. The van der Waals surface area contributed by atoms with Crippen molar-refractivity contribution in [2.24, 2.45) is 0 Å². The highest BCUT2D eigenvalue weighted by molar-refractivity contribution is 9.09. The van der Waals surface area contributed by atoms with E-state index in [1.165, 1.54) is 0 Å². The van der Waals surface area contributed by atoms with E-state index in [1.807, 2.05) is 0 Å². The number of hydrogen-bond acceptors (Lipinski definition) is 2. The Kier molecular flexibility index (Phi) is 4.71. The van der Waals surface area contributed by atoms with Gasteiger partial charge in [0.1, 0.15) is 4.83 Å². The first kappa shape index (κ1) is 13.2. The van der Waals surface area contributed by atoms with Gasteiger partial charge in [0.15, 0.2) is 9.84 Å². The molecule has 1 atom stereocenters. The van der Waals surface area contributed by atoms with Gasteiger partial charge < -0.3 is 0 Å². The molecule has 0 aromatic rings. The molecule has 0 spiro atoms. The monoisotopic (exact) mass is 282 g/mol. The van der Waals surface area contributed by atoms with Crippen molar-refractivity contribution in [1.29, 1.82) is 0 Å². The van der Waals surface area contributed by atoms with Gasteiger partial charge in [-0.05, 0) is 6.42 Å². The Bertz CT molecular complexity index is 247. The second-order valence-electron chi connectivity index (χ2n) is 2.62. The molecule has 0 saturated heterocycles. The standard InChI is InChI=1S/C6H10BrF3O2S/c1-2-3-13(11,12)4-5(7)6(8,9)10/h5H,2-4H2,1H3. The quantitative estimate of drug-likeness (QED) is 0.741. The summed E-state index contributed by atoms with van der Waals surface area (Å²) in [5.41, 5.74) is 0. The Labute approximate surface area is 83.6 Å². The van der Waals surface area contributed by atoms with Gasteiger partial charge in [-0.1, -0.05) is 22.9 Å². The molecule has 1 unspecified atom stereocenters. The smallest absolute Gasteiger partial charge is 0.229 e. The Balaban J connectivity index is 4.29. The molecule has 0 bridgehead atoms. The minimum atomic E-state index is -4.50. The van der Waals surface area contributed by atoms with Crippen molar-refractivity contribution in [2.45, 2.75) is 24.3 Å². The van der Waals surface area contributed by atoms with E-state index in [0.717, 1.165) is 0 Å². The fourth-order valence-corrected chi connectivity index (χ4v) is 3.34. The van der Waals surface area contributed by atoms with E-state index in [1.54, 1.807) is 6.92 Å². The summed E-state index contributed by atoms with van der Waals surface area (Å²) in [4.78, 5) is -1.96. The third-order valence-corrected chi connectivity index (χ3v) is 4.41. The highest BCUT2D eigenvalue weighted by atomic mass is 79.9. The average Bonchev–Trinajstić information content (AvgIpc) is 1.83. The number of alkyl halides is 4. The van der Waals surface area contributed by atoms with Crippen molar-refractivity contribution in [1.82, 2.24) is 0 Å². The van der Waals surface area contributed by atoms with Gasteiger partial charge in [-0.3, -0.25) is 0 Å². The molecular weight excluding hydrogens is 273 g/mol. The van der Waals surface area contributed by atoms with Crippen molar-refractivity contribution in [3.8, 4) is 0 Å². The minimum Gasteiger partial charge on any atom is -0.229 e. The molecule has 0 N–H and O–H groups in total. The van der Waals surface area contributed by atoms with Crippen molar-refractivity contribution in [3.63, 3.8) is 0 Å². The topological polar surface area (TPSA) is 34.1 Å². The maximum Gasteiger partial charge on any atom is 0.402 e. The Hall–Kier alpha value is 0.220. The lowest BCUT2D eigenvalue weighted by Gasteiger charge is -2.13. The molecule has 0 radical (unpaired) electrons. The summed E-state index contributed by atoms with van der Waals surface area (Å²) in [6.07, 6.45) is -4.17. The molecule has 0 heterocycles. The Morgan fingerprint density at radius 2 is 1.85 bits per heavy atom. The van der Waals surface area contributed by atoms with Crippen LogP contribution in [0.1, 0.15) is 13.3 Å². The van der Waals surface area contributed by atoms with E-state index in [4.69, 9.17) is 0 Å². The van der Waals surface area contributed by atoms with Crippen molar-refractivity contribution in [3.05, 3.63) is 0 Å². The van der Waals surface area contributed by atoms with Crippen LogP contribution in [0.25, 0.3) is 0 Å². The first-order valence-corrected chi connectivity index (χ1v) is 6.34. The fraction of sp³-hybridized carbons (Fsp3) is 1.00. The zero-order chi connectivity index (χ0) is 10.7. The van der Waals surface area contributed by atoms with Gasteiger partial charge in [-0.25, -0.2) is 8.42 Å². The molecule has 13 heavy (non-hydrogen) atoms. The van der Waals surface area contributed by atoms with Crippen LogP contribution >= 0.6 is 15.9 Å². The summed E-state index contributed by atoms with van der Waals surface area (Å²) in [7, 11) is -3.58. The van der Waals surface area contributed by atoms with E-state index >= 15 is 0 Å². The molecule has 80 valence electrons. The second-order valence-corrected chi connectivity index (χ2v) is 5.96. The molecule has 0 aliphatic rings. The van der Waals surface area contributed by atoms with Crippen molar-refractivity contribution < 1.29 is 21.6 Å². The zero-order valence-electron chi connectivity index (χ0n) is 6.94. The molecular formula is C6H10BrF3O2S. The molecule has 0 saturated carbocycles. The molecule has 0 aliphatic carbocycles. The van der Waals surface area contributed by atoms with Crippen molar-refractivity contribution in [2.75, 3.05) is 11.5 Å². The summed E-state index contributed by atoms with van der Waals surface area (Å²) < 4.78 is 57.6. The summed E-state index contributed by atoms with van der Waals surface area (Å²) in [6.45, 7) is 1.61. The van der Waals surface area contributed by atoms with Crippen LogP contribution in [0.5, 0.6) is 0 Å². The van der Waals surface area contributed by atoms with Crippen LogP contribution in [0.4, 0.5) is 13.2 Å². The van der Waals surface area contributed by atoms with Crippen LogP contribution < -0.4 is 0 Å². The van der Waals surface area contributed by atoms with E-state index in [-0.39, 0.29) is 5.75 Å². The van der Waals surface area contributed by atoms with Crippen molar-refractivity contribution >= 4 is 25.8 Å². The molecule has 0 aromatic carbocycles. The predicted molar refractivity (Wildman–Crippen MR) is 47.7 cm³/mol. The second kappa shape index (κ2) is 4.63. The first-order valence-electron chi connectivity index (χ1n) is 3.60. The Morgan fingerprint density at radius 3 is 2.15 bits per heavy atom. The van der Waals surface area contributed by atoms with Crippen LogP contribution in [0, 0.1) is 0 Å². The van der Waals surface area contributed by atoms with E-state index in [2.05, 4.69) is 15.9 Å². The zero-order valence-corrected chi connectivity index (χ0v) is 9.34. The van der Waals surface area contributed by atoms with E-state index in [9.17, 15) is 21.6 Å². The van der Waals surface area contributed by atoms with Gasteiger partial charge in [0, 0.05) is 5.75 Å². The number of hydrogen-bond donors (Lipinski definition) is 0. The lowest BCUT2D eigenvalue weighted by molar-refractivity contribution is -0.123. The molecule has 0 rings (SSSR count). The minimum absolute atomic E-state index is 0.203. The third-order valence-electron chi connectivity index (χ3n) is 1.27. The number of halogens is 4. The van der Waals surface area contributed by atoms with Crippen LogP contribution in [0.2, 0.25) is 0 Å². The average molecular weight is 283 g/mol. The Morgan fingerprint density at radius 1 is 1.38 bits per heavy atom. The van der Waals surface area contributed by atoms with Crippen LogP contribution in [0.15, 0.2) is 0 Å². The SMILES string of the molecule is CCCS(=O)(=O)CC(Br)C(F)(F)F. The van der Waals surface area contributed by atoms with Gasteiger partial charge in [-0.15, -0.1) is 0 Å². The lowest BCUT2D eigenvalue weighted by Crippen LogP contribution is -2.31. The molecule has 2 nitrogen and oxygen atoms in total. The van der Waals surface area contributed by atoms with Gasteiger partial charge >= 0.3 is 6.18 Å². The summed E-state index contributed by atoms with van der Waals surface area (Å²) in [5.74, 6) is -1.09. The van der Waals surface area contributed by atoms with Crippen LogP contribution in [-0.4, -0.2) is 30.9 Å². The molecule has 0 aliphatic heterocycles. The summed E-state index contributed by atoms with van der Waals surface area (Å²) >= 11 is 2.30. The first-order chi connectivity index (χ1) is 5.69. The summed E-state index contributed by atoms with van der Waals surface area (Å²) in [5, 5.41) is 0. The largest absolute Gasteiger partial charge is 0.402 e.